The lowest BCUT2D eigenvalue weighted by Gasteiger charge is -2.23. The van der Waals surface area contributed by atoms with Crippen molar-refractivity contribution in [2.75, 3.05) is 7.05 Å². The van der Waals surface area contributed by atoms with Gasteiger partial charge in [0.2, 0.25) is 0 Å². The summed E-state index contributed by atoms with van der Waals surface area (Å²) in [6.07, 6.45) is 0. The summed E-state index contributed by atoms with van der Waals surface area (Å²) in [5.74, 6) is 0.437. The molecule has 2 aromatic carbocycles. The highest BCUT2D eigenvalue weighted by molar-refractivity contribution is 7.56. The van der Waals surface area contributed by atoms with Gasteiger partial charge in [0.25, 0.3) is 0 Å². The van der Waals surface area contributed by atoms with Crippen molar-refractivity contribution in [3.63, 3.8) is 0 Å². The Bertz CT molecular complexity index is 785. The summed E-state index contributed by atoms with van der Waals surface area (Å²) in [4.78, 5) is 4.36. The van der Waals surface area contributed by atoms with Crippen molar-refractivity contribution in [2.45, 2.75) is 47.0 Å². The van der Waals surface area contributed by atoms with Crippen LogP contribution in [0, 0.1) is 13.8 Å². The lowest BCUT2D eigenvalue weighted by molar-refractivity contribution is 0.450. The molecular formula is C21H28NOP. The van der Waals surface area contributed by atoms with Gasteiger partial charge in [-0.05, 0) is 48.7 Å². The Morgan fingerprint density at radius 2 is 1.79 bits per heavy atom. The van der Waals surface area contributed by atoms with Crippen LogP contribution in [0.5, 0.6) is 5.75 Å². The quantitative estimate of drug-likeness (QED) is 0.652. The summed E-state index contributed by atoms with van der Waals surface area (Å²) in [5, 5.41) is 13.1. The third-order valence-corrected chi connectivity index (χ3v) is 5.88. The van der Waals surface area contributed by atoms with Gasteiger partial charge in [0.1, 0.15) is 5.75 Å². The first-order chi connectivity index (χ1) is 11.1. The van der Waals surface area contributed by atoms with Gasteiger partial charge in [0.05, 0.1) is 0 Å². The maximum atomic E-state index is 10.9. The Kier molecular flexibility index (Phi) is 5.50. The zero-order valence-electron chi connectivity index (χ0n) is 15.8. The molecule has 0 saturated heterocycles. The molecule has 1 atom stereocenters. The topological polar surface area (TPSA) is 32.6 Å². The molecule has 1 unspecified atom stereocenters. The maximum Gasteiger partial charge on any atom is 0.127 e. The molecule has 2 rings (SSSR count). The predicted octanol–water partition coefficient (Wildman–Crippen LogP) is 4.37. The van der Waals surface area contributed by atoms with Crippen LogP contribution in [0.2, 0.25) is 0 Å². The molecule has 2 aromatic rings. The third-order valence-electron chi connectivity index (χ3n) is 4.32. The zero-order valence-corrected chi connectivity index (χ0v) is 16.8. The molecule has 0 heterocycles. The van der Waals surface area contributed by atoms with Crippen molar-refractivity contribution in [1.82, 2.24) is 0 Å². The van der Waals surface area contributed by atoms with Gasteiger partial charge >= 0.3 is 0 Å². The summed E-state index contributed by atoms with van der Waals surface area (Å²) in [6.45, 7) is 12.7. The fourth-order valence-electron chi connectivity index (χ4n) is 2.84. The first kappa shape index (κ1) is 18.7. The number of phenolic OH excluding ortho intramolecular Hbond substituents is 1. The molecule has 128 valence electrons. The lowest BCUT2D eigenvalue weighted by atomic mass is 9.85. The molecule has 0 aliphatic carbocycles. The fourth-order valence-corrected chi connectivity index (χ4v) is 4.34. The highest BCUT2D eigenvalue weighted by Crippen LogP contribution is 2.33. The van der Waals surface area contributed by atoms with Gasteiger partial charge in [-0.3, -0.25) is 4.99 Å². The number of aromatic hydroxyl groups is 1. The SMILES string of the molecule is CN=C(C)c1cccc(C)c1Pc1cc(C)cc(C(C)(C)C)c1O. The lowest BCUT2D eigenvalue weighted by Crippen LogP contribution is -2.19. The van der Waals surface area contributed by atoms with Crippen molar-refractivity contribution in [2.24, 2.45) is 4.99 Å². The molecule has 0 aliphatic rings. The second-order valence-electron chi connectivity index (χ2n) is 7.39. The Labute approximate surface area is 147 Å². The molecule has 0 aromatic heterocycles. The van der Waals surface area contributed by atoms with Crippen LogP contribution in [0.15, 0.2) is 35.3 Å². The molecule has 2 nitrogen and oxygen atoms in total. The highest BCUT2D eigenvalue weighted by atomic mass is 31.1. The molecule has 0 aliphatic heterocycles. The van der Waals surface area contributed by atoms with E-state index in [-0.39, 0.29) is 5.41 Å². The van der Waals surface area contributed by atoms with E-state index in [2.05, 4.69) is 69.9 Å². The van der Waals surface area contributed by atoms with Crippen LogP contribution < -0.4 is 10.6 Å². The fraction of sp³-hybridized carbons (Fsp3) is 0.381. The van der Waals surface area contributed by atoms with E-state index in [1.807, 2.05) is 14.0 Å². The normalized spacial score (nSPS) is 13.0. The minimum atomic E-state index is -0.0787. The molecule has 0 amide bonds. The van der Waals surface area contributed by atoms with E-state index in [4.69, 9.17) is 0 Å². The molecule has 1 N–H and O–H groups in total. The molecule has 0 radical (unpaired) electrons. The van der Waals surface area contributed by atoms with E-state index >= 15 is 0 Å². The van der Waals surface area contributed by atoms with Crippen LogP contribution in [0.3, 0.4) is 0 Å². The minimum Gasteiger partial charge on any atom is -0.507 e. The third kappa shape index (κ3) is 3.87. The zero-order chi connectivity index (χ0) is 18.1. The van der Waals surface area contributed by atoms with Crippen LogP contribution in [0.4, 0.5) is 0 Å². The van der Waals surface area contributed by atoms with Gasteiger partial charge in [-0.2, -0.15) is 0 Å². The summed E-state index contributed by atoms with van der Waals surface area (Å²) in [6, 6.07) is 10.5. The maximum absolute atomic E-state index is 10.9. The minimum absolute atomic E-state index is 0.0787. The summed E-state index contributed by atoms with van der Waals surface area (Å²) >= 11 is 0. The number of aliphatic imine (C=N–C) groups is 1. The number of rotatable bonds is 3. The molecular weight excluding hydrogens is 313 g/mol. The van der Waals surface area contributed by atoms with Crippen LogP contribution >= 0.6 is 8.58 Å². The van der Waals surface area contributed by atoms with Crippen LogP contribution in [0.1, 0.15) is 49.9 Å². The number of phenols is 1. The summed E-state index contributed by atoms with van der Waals surface area (Å²) in [7, 11) is 2.24. The number of nitrogens with zero attached hydrogens (tertiary/aromatic N) is 1. The number of benzene rings is 2. The summed E-state index contributed by atoms with van der Waals surface area (Å²) in [5.41, 5.74) is 5.58. The van der Waals surface area contributed by atoms with Crippen LogP contribution in [-0.4, -0.2) is 17.9 Å². The molecule has 0 fully saturated rings. The predicted molar refractivity (Wildman–Crippen MR) is 108 cm³/mol. The van der Waals surface area contributed by atoms with Crippen molar-refractivity contribution in [3.8, 4) is 5.75 Å². The number of aryl methyl sites for hydroxylation is 2. The molecule has 3 heteroatoms. The largest absolute Gasteiger partial charge is 0.507 e. The Morgan fingerprint density at radius 1 is 1.12 bits per heavy atom. The van der Waals surface area contributed by atoms with E-state index in [1.165, 1.54) is 22.0 Å². The van der Waals surface area contributed by atoms with E-state index in [0.717, 1.165) is 16.6 Å². The van der Waals surface area contributed by atoms with Crippen molar-refractivity contribution in [1.29, 1.82) is 0 Å². The van der Waals surface area contributed by atoms with Gasteiger partial charge in [-0.1, -0.05) is 53.6 Å². The molecule has 0 saturated carbocycles. The van der Waals surface area contributed by atoms with Crippen LogP contribution in [0.25, 0.3) is 0 Å². The van der Waals surface area contributed by atoms with E-state index < -0.39 is 0 Å². The average Bonchev–Trinajstić information content (AvgIpc) is 2.50. The van der Waals surface area contributed by atoms with Gasteiger partial charge in [0.15, 0.2) is 0 Å². The number of hydrogen-bond acceptors (Lipinski definition) is 2. The second kappa shape index (κ2) is 7.07. The van der Waals surface area contributed by atoms with Crippen LogP contribution in [-0.2, 0) is 5.41 Å². The van der Waals surface area contributed by atoms with E-state index in [1.54, 1.807) is 0 Å². The number of hydrogen-bond donors (Lipinski definition) is 1. The molecule has 24 heavy (non-hydrogen) atoms. The van der Waals surface area contributed by atoms with E-state index in [0.29, 0.717) is 14.3 Å². The van der Waals surface area contributed by atoms with Crippen molar-refractivity contribution in [3.05, 3.63) is 52.6 Å². The Morgan fingerprint density at radius 3 is 2.38 bits per heavy atom. The Balaban J connectivity index is 2.60. The smallest absolute Gasteiger partial charge is 0.127 e. The van der Waals surface area contributed by atoms with E-state index in [9.17, 15) is 5.11 Å². The summed E-state index contributed by atoms with van der Waals surface area (Å²) < 4.78 is 0. The monoisotopic (exact) mass is 341 g/mol. The first-order valence-electron chi connectivity index (χ1n) is 8.29. The van der Waals surface area contributed by atoms with Gasteiger partial charge in [-0.25, -0.2) is 0 Å². The Hall–Kier alpha value is -1.66. The molecule has 0 bridgehead atoms. The average molecular weight is 341 g/mol. The second-order valence-corrected chi connectivity index (χ2v) is 8.68. The molecule has 0 spiro atoms. The first-order valence-corrected chi connectivity index (χ1v) is 9.29. The van der Waals surface area contributed by atoms with Gasteiger partial charge in [-0.15, -0.1) is 0 Å². The van der Waals surface area contributed by atoms with Gasteiger partial charge in [0, 0.05) is 29.2 Å². The van der Waals surface area contributed by atoms with Crippen molar-refractivity contribution >= 4 is 24.9 Å². The van der Waals surface area contributed by atoms with Gasteiger partial charge < -0.3 is 5.11 Å². The van der Waals surface area contributed by atoms with Crippen molar-refractivity contribution < 1.29 is 5.11 Å². The highest BCUT2D eigenvalue weighted by Gasteiger charge is 2.21. The standard InChI is InChI=1S/C21H28NOP/c1-13-11-17(21(4,5)6)19(23)18(12-13)24-20-14(2)9-8-10-16(20)15(3)22-7/h8-12,23-24H,1-7H3.